The van der Waals surface area contributed by atoms with Crippen molar-refractivity contribution in [3.05, 3.63) is 97.5 Å². The molecule has 2 amide bonds. The Balaban J connectivity index is 1.63. The standard InChI is InChI=1S/C23H18Cl2N4O5/c24-14-7-8-18(17(25)10-14)27-21(31)13-28-19-6-2-1-5-16(19)22(32)29(23(28)33)12-20(30)26-11-15-4-3-9-34-15/h1-10H,11-13H2,(H,26,30)(H,27,31). The van der Waals surface area contributed by atoms with Gasteiger partial charge in [0.25, 0.3) is 5.56 Å². The molecule has 0 saturated heterocycles. The van der Waals surface area contributed by atoms with E-state index in [0.29, 0.717) is 16.5 Å². The summed E-state index contributed by atoms with van der Waals surface area (Å²) in [6, 6.07) is 14.3. The summed E-state index contributed by atoms with van der Waals surface area (Å²) < 4.78 is 7.08. The molecule has 34 heavy (non-hydrogen) atoms. The monoisotopic (exact) mass is 500 g/mol. The molecule has 0 radical (unpaired) electrons. The van der Waals surface area contributed by atoms with Crippen LogP contribution in [0.5, 0.6) is 0 Å². The second-order valence-corrected chi connectivity index (χ2v) is 8.15. The molecule has 2 aromatic carbocycles. The van der Waals surface area contributed by atoms with Gasteiger partial charge in [-0.25, -0.2) is 4.79 Å². The van der Waals surface area contributed by atoms with E-state index in [9.17, 15) is 19.2 Å². The number of hydrogen-bond acceptors (Lipinski definition) is 5. The summed E-state index contributed by atoms with van der Waals surface area (Å²) >= 11 is 12.0. The molecule has 174 valence electrons. The van der Waals surface area contributed by atoms with Crippen molar-refractivity contribution in [2.75, 3.05) is 5.32 Å². The van der Waals surface area contributed by atoms with Crippen LogP contribution in [0.3, 0.4) is 0 Å². The normalized spacial score (nSPS) is 10.9. The molecule has 2 aromatic heterocycles. The van der Waals surface area contributed by atoms with Crippen LogP contribution in [0.2, 0.25) is 10.0 Å². The van der Waals surface area contributed by atoms with E-state index in [1.807, 2.05) is 0 Å². The lowest BCUT2D eigenvalue weighted by atomic mass is 10.2. The molecular formula is C23H18Cl2N4O5. The van der Waals surface area contributed by atoms with Gasteiger partial charge < -0.3 is 15.1 Å². The molecule has 0 unspecified atom stereocenters. The highest BCUT2D eigenvalue weighted by molar-refractivity contribution is 6.36. The Morgan fingerprint density at radius 2 is 1.68 bits per heavy atom. The topological polar surface area (TPSA) is 115 Å². The third kappa shape index (κ3) is 5.05. The summed E-state index contributed by atoms with van der Waals surface area (Å²) in [5.74, 6) is -0.590. The maximum Gasteiger partial charge on any atom is 0.332 e. The van der Waals surface area contributed by atoms with Gasteiger partial charge >= 0.3 is 5.69 Å². The van der Waals surface area contributed by atoms with Gasteiger partial charge in [0.1, 0.15) is 18.8 Å². The minimum atomic E-state index is -0.797. The van der Waals surface area contributed by atoms with Gasteiger partial charge in [-0.1, -0.05) is 35.3 Å². The lowest BCUT2D eigenvalue weighted by Gasteiger charge is -2.14. The molecule has 0 aliphatic rings. The van der Waals surface area contributed by atoms with Crippen LogP contribution < -0.4 is 21.9 Å². The zero-order valence-electron chi connectivity index (χ0n) is 17.6. The first-order valence-corrected chi connectivity index (χ1v) is 10.9. The van der Waals surface area contributed by atoms with Crippen molar-refractivity contribution in [3.8, 4) is 0 Å². The number of hydrogen-bond donors (Lipinski definition) is 2. The van der Waals surface area contributed by atoms with Gasteiger partial charge in [-0.05, 0) is 42.5 Å². The Labute approximate surface area is 202 Å². The van der Waals surface area contributed by atoms with Gasteiger partial charge in [-0.3, -0.25) is 23.5 Å². The van der Waals surface area contributed by atoms with E-state index in [0.717, 1.165) is 9.13 Å². The molecule has 0 saturated carbocycles. The van der Waals surface area contributed by atoms with Crippen molar-refractivity contribution in [2.24, 2.45) is 0 Å². The van der Waals surface area contributed by atoms with Crippen molar-refractivity contribution in [2.45, 2.75) is 19.6 Å². The van der Waals surface area contributed by atoms with Gasteiger partial charge in [0, 0.05) is 5.02 Å². The number of halogens is 2. The Bertz CT molecular complexity index is 1490. The molecule has 0 fully saturated rings. The summed E-state index contributed by atoms with van der Waals surface area (Å²) in [5, 5.41) is 6.05. The lowest BCUT2D eigenvalue weighted by Crippen LogP contribution is -2.44. The van der Waals surface area contributed by atoms with E-state index in [4.69, 9.17) is 27.6 Å². The average molecular weight is 501 g/mol. The molecule has 0 aliphatic carbocycles. The zero-order valence-corrected chi connectivity index (χ0v) is 19.1. The average Bonchev–Trinajstić information content (AvgIpc) is 3.34. The highest BCUT2D eigenvalue weighted by Gasteiger charge is 2.18. The molecule has 0 atom stereocenters. The maximum atomic E-state index is 13.2. The van der Waals surface area contributed by atoms with Crippen LogP contribution in [0.25, 0.3) is 10.9 Å². The number of para-hydroxylation sites is 1. The third-order valence-electron chi connectivity index (χ3n) is 4.98. The van der Waals surface area contributed by atoms with Crippen molar-refractivity contribution in [1.29, 1.82) is 0 Å². The van der Waals surface area contributed by atoms with Crippen molar-refractivity contribution >= 4 is 51.6 Å². The second kappa shape index (κ2) is 9.98. The molecule has 2 N–H and O–H groups in total. The van der Waals surface area contributed by atoms with Crippen LogP contribution in [0, 0.1) is 0 Å². The van der Waals surface area contributed by atoms with Crippen molar-refractivity contribution in [1.82, 2.24) is 14.5 Å². The fourth-order valence-electron chi connectivity index (χ4n) is 3.39. The maximum absolute atomic E-state index is 13.2. The predicted molar refractivity (Wildman–Crippen MR) is 128 cm³/mol. The smallest absolute Gasteiger partial charge is 0.332 e. The number of furan rings is 1. The molecule has 9 nitrogen and oxygen atoms in total. The highest BCUT2D eigenvalue weighted by atomic mass is 35.5. The summed E-state index contributed by atoms with van der Waals surface area (Å²) in [6.45, 7) is -0.826. The molecule has 0 spiro atoms. The minimum Gasteiger partial charge on any atom is -0.467 e. The Kier molecular flexibility index (Phi) is 6.85. The number of aromatic nitrogens is 2. The van der Waals surface area contributed by atoms with Crippen LogP contribution >= 0.6 is 23.2 Å². The Hall–Kier alpha value is -3.82. The number of fused-ring (bicyclic) bond motifs is 1. The van der Waals surface area contributed by atoms with Gasteiger partial charge in [-0.2, -0.15) is 0 Å². The van der Waals surface area contributed by atoms with E-state index < -0.39 is 36.2 Å². The summed E-state index contributed by atoms with van der Waals surface area (Å²) in [7, 11) is 0. The molecule has 4 rings (SSSR count). The third-order valence-corrected chi connectivity index (χ3v) is 5.53. The largest absolute Gasteiger partial charge is 0.467 e. The Morgan fingerprint density at radius 1 is 0.912 bits per heavy atom. The van der Waals surface area contributed by atoms with Crippen LogP contribution in [-0.2, 0) is 29.2 Å². The van der Waals surface area contributed by atoms with E-state index in [-0.39, 0.29) is 22.5 Å². The fourth-order valence-corrected chi connectivity index (χ4v) is 3.84. The van der Waals surface area contributed by atoms with Gasteiger partial charge in [0.15, 0.2) is 0 Å². The van der Waals surface area contributed by atoms with Crippen LogP contribution in [0.15, 0.2) is 74.9 Å². The number of amides is 2. The number of nitrogens with zero attached hydrogens (tertiary/aromatic N) is 2. The molecule has 11 heteroatoms. The van der Waals surface area contributed by atoms with Crippen LogP contribution in [0.4, 0.5) is 5.69 Å². The summed E-state index contributed by atoms with van der Waals surface area (Å²) in [5.41, 5.74) is -0.846. The lowest BCUT2D eigenvalue weighted by molar-refractivity contribution is -0.122. The molecule has 0 bridgehead atoms. The highest BCUT2D eigenvalue weighted by Crippen LogP contribution is 2.25. The van der Waals surface area contributed by atoms with Gasteiger partial charge in [0.2, 0.25) is 11.8 Å². The summed E-state index contributed by atoms with van der Waals surface area (Å²) in [4.78, 5) is 51.3. The number of nitrogens with one attached hydrogen (secondary N) is 2. The second-order valence-electron chi connectivity index (χ2n) is 7.31. The number of carbonyl (C=O) groups is 2. The van der Waals surface area contributed by atoms with E-state index in [1.54, 1.807) is 36.4 Å². The molecule has 2 heterocycles. The van der Waals surface area contributed by atoms with Crippen LogP contribution in [0.1, 0.15) is 5.76 Å². The van der Waals surface area contributed by atoms with Gasteiger partial charge in [0.05, 0.1) is 34.4 Å². The first kappa shape index (κ1) is 23.3. The number of carbonyl (C=O) groups excluding carboxylic acids is 2. The van der Waals surface area contributed by atoms with Gasteiger partial charge in [-0.15, -0.1) is 0 Å². The minimum absolute atomic E-state index is 0.104. The number of rotatable bonds is 7. The Morgan fingerprint density at radius 3 is 2.41 bits per heavy atom. The van der Waals surface area contributed by atoms with Crippen molar-refractivity contribution in [3.63, 3.8) is 0 Å². The number of anilines is 1. The predicted octanol–water partition coefficient (Wildman–Crippen LogP) is 3.02. The number of benzene rings is 2. The van der Waals surface area contributed by atoms with E-state index in [1.165, 1.54) is 24.5 Å². The van der Waals surface area contributed by atoms with Crippen molar-refractivity contribution < 1.29 is 14.0 Å². The van der Waals surface area contributed by atoms with E-state index >= 15 is 0 Å². The quantitative estimate of drug-likeness (QED) is 0.404. The molecular weight excluding hydrogens is 483 g/mol. The van der Waals surface area contributed by atoms with E-state index in [2.05, 4.69) is 10.6 Å². The van der Waals surface area contributed by atoms with Crippen LogP contribution in [-0.4, -0.2) is 20.9 Å². The summed E-state index contributed by atoms with van der Waals surface area (Å²) in [6.07, 6.45) is 1.47. The first-order valence-electron chi connectivity index (χ1n) is 10.1. The first-order chi connectivity index (χ1) is 16.3. The SMILES string of the molecule is O=C(Cn1c(=O)c2ccccc2n(CC(=O)Nc2ccc(Cl)cc2Cl)c1=O)NCc1ccco1. The molecule has 0 aliphatic heterocycles. The fraction of sp³-hybridized carbons (Fsp3) is 0.130. The zero-order chi connectivity index (χ0) is 24.2. The molecule has 4 aromatic rings.